The average molecular weight is 295 g/mol. The molecule has 1 fully saturated rings. The lowest BCUT2D eigenvalue weighted by Gasteiger charge is -2.17. The fourth-order valence-corrected chi connectivity index (χ4v) is 2.77. The van der Waals surface area contributed by atoms with Gasteiger partial charge in [0.15, 0.2) is 0 Å². The minimum Gasteiger partial charge on any atom is -0.368 e. The van der Waals surface area contributed by atoms with Crippen molar-refractivity contribution in [1.29, 1.82) is 0 Å². The number of amides is 1. The van der Waals surface area contributed by atoms with E-state index in [2.05, 4.69) is 41.7 Å². The van der Waals surface area contributed by atoms with Crippen molar-refractivity contribution >= 4 is 5.91 Å². The predicted octanol–water partition coefficient (Wildman–Crippen LogP) is 3.71. The summed E-state index contributed by atoms with van der Waals surface area (Å²) in [5, 5.41) is 3.03. The first-order chi connectivity index (χ1) is 10.7. The monoisotopic (exact) mass is 295 g/mol. The van der Waals surface area contributed by atoms with Crippen LogP contribution in [0.4, 0.5) is 0 Å². The zero-order valence-electron chi connectivity index (χ0n) is 12.8. The van der Waals surface area contributed by atoms with Crippen LogP contribution in [0.5, 0.6) is 0 Å². The molecule has 0 aliphatic carbocycles. The highest BCUT2D eigenvalue weighted by Crippen LogP contribution is 2.22. The van der Waals surface area contributed by atoms with Gasteiger partial charge < -0.3 is 10.1 Å². The second-order valence-corrected chi connectivity index (χ2v) is 5.72. The molecule has 0 aromatic heterocycles. The van der Waals surface area contributed by atoms with Crippen LogP contribution in [0.25, 0.3) is 11.1 Å². The van der Waals surface area contributed by atoms with Gasteiger partial charge in [0.25, 0.3) is 0 Å². The maximum Gasteiger partial charge on any atom is 0.249 e. The first-order valence-corrected chi connectivity index (χ1v) is 7.81. The van der Waals surface area contributed by atoms with Gasteiger partial charge in [0.1, 0.15) is 6.10 Å². The third-order valence-electron chi connectivity index (χ3n) is 4.10. The molecule has 3 nitrogen and oxygen atoms in total. The molecule has 0 saturated carbocycles. The minimum absolute atomic E-state index is 0.00265. The molecule has 2 aromatic carbocycles. The molecule has 1 N–H and O–H groups in total. The van der Waals surface area contributed by atoms with E-state index >= 15 is 0 Å². The van der Waals surface area contributed by atoms with E-state index in [-0.39, 0.29) is 18.1 Å². The third kappa shape index (κ3) is 3.37. The van der Waals surface area contributed by atoms with Gasteiger partial charge in [0.2, 0.25) is 5.91 Å². The summed E-state index contributed by atoms with van der Waals surface area (Å²) < 4.78 is 5.42. The Balaban J connectivity index is 1.66. The lowest BCUT2D eigenvalue weighted by Crippen LogP contribution is -2.35. The van der Waals surface area contributed by atoms with E-state index in [1.807, 2.05) is 25.1 Å². The number of hydrogen-bond acceptors (Lipinski definition) is 2. The number of benzene rings is 2. The molecule has 1 amide bonds. The van der Waals surface area contributed by atoms with Gasteiger partial charge >= 0.3 is 0 Å². The van der Waals surface area contributed by atoms with Crippen molar-refractivity contribution in [3.63, 3.8) is 0 Å². The summed E-state index contributed by atoms with van der Waals surface area (Å²) in [6, 6.07) is 18.6. The largest absolute Gasteiger partial charge is 0.368 e. The third-order valence-corrected chi connectivity index (χ3v) is 4.10. The van der Waals surface area contributed by atoms with Crippen molar-refractivity contribution in [1.82, 2.24) is 5.32 Å². The number of nitrogens with one attached hydrogen (secondary N) is 1. The number of hydrogen-bond donors (Lipinski definition) is 1. The Morgan fingerprint density at radius 2 is 1.77 bits per heavy atom. The van der Waals surface area contributed by atoms with Crippen LogP contribution in [0.15, 0.2) is 54.6 Å². The van der Waals surface area contributed by atoms with E-state index < -0.39 is 0 Å². The molecule has 2 atom stereocenters. The van der Waals surface area contributed by atoms with Gasteiger partial charge in [-0.25, -0.2) is 0 Å². The number of carbonyl (C=O) groups excluding carboxylic acids is 1. The van der Waals surface area contributed by atoms with Crippen molar-refractivity contribution in [3.8, 4) is 11.1 Å². The summed E-state index contributed by atoms with van der Waals surface area (Å²) in [5.74, 6) is -0.00265. The molecule has 1 saturated heterocycles. The zero-order chi connectivity index (χ0) is 15.4. The molecule has 0 radical (unpaired) electrons. The van der Waals surface area contributed by atoms with Crippen LogP contribution in [0.2, 0.25) is 0 Å². The van der Waals surface area contributed by atoms with Gasteiger partial charge in [0, 0.05) is 6.61 Å². The van der Waals surface area contributed by atoms with Crippen molar-refractivity contribution in [2.24, 2.45) is 0 Å². The second kappa shape index (κ2) is 6.75. The molecule has 3 rings (SSSR count). The molecule has 3 heteroatoms. The quantitative estimate of drug-likeness (QED) is 0.933. The lowest BCUT2D eigenvalue weighted by molar-refractivity contribution is -0.130. The highest BCUT2D eigenvalue weighted by Gasteiger charge is 2.24. The topological polar surface area (TPSA) is 38.3 Å². The van der Waals surface area contributed by atoms with Gasteiger partial charge in [-0.1, -0.05) is 54.6 Å². The maximum atomic E-state index is 12.1. The first kappa shape index (κ1) is 14.8. The van der Waals surface area contributed by atoms with Gasteiger partial charge in [-0.05, 0) is 36.5 Å². The summed E-state index contributed by atoms with van der Waals surface area (Å²) in [5.41, 5.74) is 3.48. The Kier molecular flexibility index (Phi) is 4.54. The van der Waals surface area contributed by atoms with Crippen LogP contribution >= 0.6 is 0 Å². The fraction of sp³-hybridized carbons (Fsp3) is 0.316. The molecular weight excluding hydrogens is 274 g/mol. The van der Waals surface area contributed by atoms with E-state index in [4.69, 9.17) is 4.74 Å². The summed E-state index contributed by atoms with van der Waals surface area (Å²) in [6.45, 7) is 2.70. The average Bonchev–Trinajstić information content (AvgIpc) is 3.10. The fourth-order valence-electron chi connectivity index (χ4n) is 2.77. The molecule has 114 valence electrons. The van der Waals surface area contributed by atoms with Crippen molar-refractivity contribution in [2.45, 2.75) is 31.9 Å². The standard InChI is InChI=1S/C19H21NO2/c1-14(20-19(21)18-8-5-13-22-18)15-9-11-17(12-10-15)16-6-3-2-4-7-16/h2-4,6-7,9-12,14,18H,5,8,13H2,1H3,(H,20,21)/t14-,18-/m0/s1. The first-order valence-electron chi connectivity index (χ1n) is 7.81. The summed E-state index contributed by atoms with van der Waals surface area (Å²) >= 11 is 0. The van der Waals surface area contributed by atoms with Crippen LogP contribution in [-0.2, 0) is 9.53 Å². The normalized spacial score (nSPS) is 18.9. The SMILES string of the molecule is C[C@H](NC(=O)[C@@H]1CCCO1)c1ccc(-c2ccccc2)cc1. The molecule has 22 heavy (non-hydrogen) atoms. The number of carbonyl (C=O) groups is 1. The number of rotatable bonds is 4. The Bertz CT molecular complexity index is 616. The Hall–Kier alpha value is -2.13. The molecule has 1 aliphatic rings. The lowest BCUT2D eigenvalue weighted by atomic mass is 10.0. The van der Waals surface area contributed by atoms with Crippen LogP contribution in [0.3, 0.4) is 0 Å². The number of ether oxygens (including phenoxy) is 1. The maximum absolute atomic E-state index is 12.1. The van der Waals surface area contributed by atoms with Crippen LogP contribution in [0, 0.1) is 0 Å². The molecule has 0 spiro atoms. The molecular formula is C19H21NO2. The van der Waals surface area contributed by atoms with Gasteiger partial charge in [0.05, 0.1) is 6.04 Å². The summed E-state index contributed by atoms with van der Waals surface area (Å²) in [7, 11) is 0. The second-order valence-electron chi connectivity index (χ2n) is 5.72. The highest BCUT2D eigenvalue weighted by atomic mass is 16.5. The minimum atomic E-state index is -0.272. The Morgan fingerprint density at radius 1 is 1.09 bits per heavy atom. The molecule has 1 aliphatic heterocycles. The summed E-state index contributed by atoms with van der Waals surface area (Å²) in [4.78, 5) is 12.1. The van der Waals surface area contributed by atoms with Gasteiger partial charge in [-0.15, -0.1) is 0 Å². The van der Waals surface area contributed by atoms with Crippen LogP contribution in [0.1, 0.15) is 31.4 Å². The predicted molar refractivity (Wildman–Crippen MR) is 87.4 cm³/mol. The highest BCUT2D eigenvalue weighted by molar-refractivity contribution is 5.81. The zero-order valence-corrected chi connectivity index (χ0v) is 12.8. The van der Waals surface area contributed by atoms with E-state index in [1.54, 1.807) is 0 Å². The Labute approximate surface area is 131 Å². The van der Waals surface area contributed by atoms with E-state index in [0.29, 0.717) is 6.61 Å². The molecule has 0 unspecified atom stereocenters. The Morgan fingerprint density at radius 3 is 2.41 bits per heavy atom. The molecule has 2 aromatic rings. The van der Waals surface area contributed by atoms with Gasteiger partial charge in [-0.2, -0.15) is 0 Å². The smallest absolute Gasteiger partial charge is 0.249 e. The summed E-state index contributed by atoms with van der Waals surface area (Å²) in [6.07, 6.45) is 1.52. The van der Waals surface area contributed by atoms with E-state index in [0.717, 1.165) is 18.4 Å². The van der Waals surface area contributed by atoms with E-state index in [9.17, 15) is 4.79 Å². The molecule has 1 heterocycles. The van der Waals surface area contributed by atoms with E-state index in [1.165, 1.54) is 11.1 Å². The molecule has 0 bridgehead atoms. The van der Waals surface area contributed by atoms with Gasteiger partial charge in [-0.3, -0.25) is 4.79 Å². The van der Waals surface area contributed by atoms with Crippen LogP contribution in [-0.4, -0.2) is 18.6 Å². The van der Waals surface area contributed by atoms with Crippen LogP contribution < -0.4 is 5.32 Å². The van der Waals surface area contributed by atoms with Crippen molar-refractivity contribution in [2.75, 3.05) is 6.61 Å². The van der Waals surface area contributed by atoms with Crippen molar-refractivity contribution in [3.05, 3.63) is 60.2 Å². The van der Waals surface area contributed by atoms with Crippen molar-refractivity contribution < 1.29 is 9.53 Å².